The minimum atomic E-state index is 0.437. The van der Waals surface area contributed by atoms with Gasteiger partial charge in [0.15, 0.2) is 0 Å². The number of para-hydroxylation sites is 1. The molecule has 1 unspecified atom stereocenters. The van der Waals surface area contributed by atoms with Crippen LogP contribution >= 0.6 is 12.6 Å². The monoisotopic (exact) mass is 307 g/mol. The van der Waals surface area contributed by atoms with E-state index >= 15 is 0 Å². The molecule has 1 aliphatic rings. The average molecular weight is 308 g/mol. The molecule has 3 heteroatoms. The van der Waals surface area contributed by atoms with E-state index in [2.05, 4.69) is 43.6 Å². The normalized spacial score (nSPS) is 18.9. The summed E-state index contributed by atoms with van der Waals surface area (Å²) in [5.41, 5.74) is 1.73. The molecule has 0 bridgehead atoms. The lowest BCUT2D eigenvalue weighted by molar-refractivity contribution is 0.161. The van der Waals surface area contributed by atoms with Crippen molar-refractivity contribution >= 4 is 12.6 Å². The maximum Gasteiger partial charge on any atom is 0.122 e. The Morgan fingerprint density at radius 3 is 2.57 bits per heavy atom. The largest absolute Gasteiger partial charge is 0.496 e. The highest BCUT2D eigenvalue weighted by atomic mass is 32.1. The second-order valence-corrected chi connectivity index (χ2v) is 6.96. The number of hydrogen-bond donors (Lipinski definition) is 1. The third-order valence-electron chi connectivity index (χ3n) is 5.04. The molecule has 1 aromatic rings. The molecule has 0 heterocycles. The van der Waals surface area contributed by atoms with E-state index in [1.54, 1.807) is 7.11 Å². The van der Waals surface area contributed by atoms with Crippen LogP contribution in [0.4, 0.5) is 0 Å². The Labute approximate surface area is 135 Å². The SMILES string of the molecule is COc1ccccc1CC(C)N(C)CC1(CS)CCCC1. The van der Waals surface area contributed by atoms with Gasteiger partial charge in [-0.2, -0.15) is 12.6 Å². The van der Waals surface area contributed by atoms with Gasteiger partial charge in [0.25, 0.3) is 0 Å². The van der Waals surface area contributed by atoms with Crippen molar-refractivity contribution in [3.8, 4) is 5.75 Å². The summed E-state index contributed by atoms with van der Waals surface area (Å²) in [5.74, 6) is 2.01. The van der Waals surface area contributed by atoms with Crippen LogP contribution in [0.5, 0.6) is 5.75 Å². The molecule has 1 aliphatic carbocycles. The first-order valence-electron chi connectivity index (χ1n) is 8.03. The van der Waals surface area contributed by atoms with E-state index in [4.69, 9.17) is 4.74 Å². The fourth-order valence-corrected chi connectivity index (χ4v) is 3.94. The van der Waals surface area contributed by atoms with Gasteiger partial charge in [0, 0.05) is 12.6 Å². The number of hydrogen-bond acceptors (Lipinski definition) is 3. The van der Waals surface area contributed by atoms with Gasteiger partial charge in [-0.1, -0.05) is 31.0 Å². The summed E-state index contributed by atoms with van der Waals surface area (Å²) >= 11 is 4.63. The summed E-state index contributed by atoms with van der Waals surface area (Å²) in [6.45, 7) is 3.47. The molecule has 2 rings (SSSR count). The van der Waals surface area contributed by atoms with Crippen LogP contribution in [-0.2, 0) is 6.42 Å². The van der Waals surface area contributed by atoms with Crippen LogP contribution in [0.15, 0.2) is 24.3 Å². The molecule has 0 aliphatic heterocycles. The van der Waals surface area contributed by atoms with E-state index < -0.39 is 0 Å². The van der Waals surface area contributed by atoms with Gasteiger partial charge in [0.1, 0.15) is 5.75 Å². The van der Waals surface area contributed by atoms with Crippen molar-refractivity contribution in [2.75, 3.05) is 26.5 Å². The molecule has 1 aromatic carbocycles. The van der Waals surface area contributed by atoms with Gasteiger partial charge in [-0.05, 0) is 56.0 Å². The van der Waals surface area contributed by atoms with Crippen LogP contribution < -0.4 is 4.74 Å². The highest BCUT2D eigenvalue weighted by Gasteiger charge is 2.34. The van der Waals surface area contributed by atoms with Gasteiger partial charge in [-0.25, -0.2) is 0 Å². The molecule has 0 saturated heterocycles. The topological polar surface area (TPSA) is 12.5 Å². The van der Waals surface area contributed by atoms with Crippen molar-refractivity contribution in [3.05, 3.63) is 29.8 Å². The van der Waals surface area contributed by atoms with Crippen molar-refractivity contribution in [2.24, 2.45) is 5.41 Å². The highest BCUT2D eigenvalue weighted by Crippen LogP contribution is 2.40. The number of methoxy groups -OCH3 is 1. The molecule has 0 aromatic heterocycles. The molecule has 118 valence electrons. The Hall–Kier alpha value is -0.670. The minimum Gasteiger partial charge on any atom is -0.496 e. The van der Waals surface area contributed by atoms with E-state index in [-0.39, 0.29) is 0 Å². The number of ether oxygens (including phenoxy) is 1. The molecular formula is C18H29NOS. The Morgan fingerprint density at radius 1 is 1.29 bits per heavy atom. The van der Waals surface area contributed by atoms with Crippen molar-refractivity contribution in [1.29, 1.82) is 0 Å². The molecule has 0 spiro atoms. The molecular weight excluding hydrogens is 278 g/mol. The van der Waals surface area contributed by atoms with Crippen molar-refractivity contribution in [1.82, 2.24) is 4.90 Å². The quantitative estimate of drug-likeness (QED) is 0.763. The van der Waals surface area contributed by atoms with E-state index in [0.29, 0.717) is 11.5 Å². The first-order chi connectivity index (χ1) is 10.1. The minimum absolute atomic E-state index is 0.437. The van der Waals surface area contributed by atoms with Gasteiger partial charge in [0.2, 0.25) is 0 Å². The summed E-state index contributed by atoms with van der Waals surface area (Å²) in [5, 5.41) is 0. The summed E-state index contributed by atoms with van der Waals surface area (Å²) < 4.78 is 5.47. The Balaban J connectivity index is 1.97. The lowest BCUT2D eigenvalue weighted by Crippen LogP contribution is -2.40. The fourth-order valence-electron chi connectivity index (χ4n) is 3.52. The van der Waals surface area contributed by atoms with Crippen LogP contribution in [-0.4, -0.2) is 37.4 Å². The first kappa shape index (κ1) is 16.7. The van der Waals surface area contributed by atoms with Crippen LogP contribution in [0.1, 0.15) is 38.2 Å². The predicted octanol–water partition coefficient (Wildman–Crippen LogP) is 4.05. The molecule has 0 N–H and O–H groups in total. The van der Waals surface area contributed by atoms with Gasteiger partial charge >= 0.3 is 0 Å². The molecule has 21 heavy (non-hydrogen) atoms. The average Bonchev–Trinajstić information content (AvgIpc) is 2.96. The lowest BCUT2D eigenvalue weighted by atomic mass is 9.87. The molecule has 1 atom stereocenters. The molecule has 2 nitrogen and oxygen atoms in total. The van der Waals surface area contributed by atoms with E-state index in [1.165, 1.54) is 31.2 Å². The molecule has 0 amide bonds. The number of benzene rings is 1. The molecule has 1 fully saturated rings. The van der Waals surface area contributed by atoms with Crippen LogP contribution in [0, 0.1) is 5.41 Å². The Kier molecular flexibility index (Phi) is 6.00. The predicted molar refractivity (Wildman–Crippen MR) is 93.5 cm³/mol. The van der Waals surface area contributed by atoms with Crippen LogP contribution in [0.3, 0.4) is 0 Å². The maximum absolute atomic E-state index is 5.47. The maximum atomic E-state index is 5.47. The third kappa shape index (κ3) is 4.17. The van der Waals surface area contributed by atoms with Crippen molar-refractivity contribution in [2.45, 2.75) is 45.1 Å². The second kappa shape index (κ2) is 7.55. The Morgan fingerprint density at radius 2 is 1.95 bits per heavy atom. The summed E-state index contributed by atoms with van der Waals surface area (Å²) in [7, 11) is 4.01. The van der Waals surface area contributed by atoms with Crippen molar-refractivity contribution < 1.29 is 4.74 Å². The lowest BCUT2D eigenvalue weighted by Gasteiger charge is -2.35. The van der Waals surface area contributed by atoms with E-state index in [9.17, 15) is 0 Å². The Bertz CT molecular complexity index is 443. The number of thiol groups is 1. The number of rotatable bonds is 7. The van der Waals surface area contributed by atoms with E-state index in [1.807, 2.05) is 12.1 Å². The first-order valence-corrected chi connectivity index (χ1v) is 8.66. The standard InChI is InChI=1S/C18H29NOS/c1-15(12-16-8-4-5-9-17(16)20-3)19(2)13-18(14-21)10-6-7-11-18/h4-5,8-9,15,21H,6-7,10-14H2,1-3H3. The van der Waals surface area contributed by atoms with Crippen molar-refractivity contribution in [3.63, 3.8) is 0 Å². The zero-order valence-corrected chi connectivity index (χ0v) is 14.5. The summed E-state index contributed by atoms with van der Waals surface area (Å²) in [6, 6.07) is 8.86. The summed E-state index contributed by atoms with van der Waals surface area (Å²) in [6.07, 6.45) is 6.44. The van der Waals surface area contributed by atoms with Gasteiger partial charge in [-0.3, -0.25) is 0 Å². The van der Waals surface area contributed by atoms with E-state index in [0.717, 1.165) is 24.5 Å². The third-order valence-corrected chi connectivity index (χ3v) is 5.72. The van der Waals surface area contributed by atoms with Crippen LogP contribution in [0.25, 0.3) is 0 Å². The molecule has 1 saturated carbocycles. The van der Waals surface area contributed by atoms with Gasteiger partial charge in [0.05, 0.1) is 7.11 Å². The van der Waals surface area contributed by atoms with Gasteiger partial charge < -0.3 is 9.64 Å². The second-order valence-electron chi connectivity index (χ2n) is 6.65. The van der Waals surface area contributed by atoms with Crippen LogP contribution in [0.2, 0.25) is 0 Å². The summed E-state index contributed by atoms with van der Waals surface area (Å²) in [4.78, 5) is 2.51. The van der Waals surface area contributed by atoms with Gasteiger partial charge in [-0.15, -0.1) is 0 Å². The zero-order chi connectivity index (χ0) is 15.3. The zero-order valence-electron chi connectivity index (χ0n) is 13.6. The number of nitrogens with zero attached hydrogens (tertiary/aromatic N) is 1. The smallest absolute Gasteiger partial charge is 0.122 e. The number of likely N-dealkylation sites (N-methyl/N-ethyl adjacent to an activating group) is 1. The molecule has 0 radical (unpaired) electrons. The fraction of sp³-hybridized carbons (Fsp3) is 0.667. The highest BCUT2D eigenvalue weighted by molar-refractivity contribution is 7.80.